The third-order valence-electron chi connectivity index (χ3n) is 4.26. The number of hydrogen-bond acceptors (Lipinski definition) is 2. The zero-order chi connectivity index (χ0) is 15.8. The standard InChI is InChI=1S/C20H16ClNO/c21-18-8-4-7-16-19(18)15-10-9-14(11-17(15)20(16)22)23-12-13-5-2-1-3-6-13/h1-11,20H,12,22H2. The summed E-state index contributed by atoms with van der Waals surface area (Å²) in [6, 6.07) is 21.9. The Kier molecular flexibility index (Phi) is 3.56. The van der Waals surface area contributed by atoms with Crippen LogP contribution < -0.4 is 10.5 Å². The first-order chi connectivity index (χ1) is 11.2. The van der Waals surface area contributed by atoms with Crippen LogP contribution in [0, 0.1) is 0 Å². The average Bonchev–Trinajstić information content (AvgIpc) is 2.88. The van der Waals surface area contributed by atoms with Gasteiger partial charge in [0.05, 0.1) is 6.04 Å². The molecule has 3 aromatic rings. The fraction of sp³-hybridized carbons (Fsp3) is 0.100. The van der Waals surface area contributed by atoms with E-state index in [4.69, 9.17) is 22.1 Å². The fourth-order valence-corrected chi connectivity index (χ4v) is 3.39. The van der Waals surface area contributed by atoms with E-state index in [1.165, 1.54) is 0 Å². The number of fused-ring (bicyclic) bond motifs is 3. The van der Waals surface area contributed by atoms with Crippen molar-refractivity contribution >= 4 is 11.6 Å². The molecule has 114 valence electrons. The summed E-state index contributed by atoms with van der Waals surface area (Å²) in [5.41, 5.74) is 11.8. The molecule has 1 atom stereocenters. The fourth-order valence-electron chi connectivity index (χ4n) is 3.11. The molecule has 0 aliphatic heterocycles. The first-order valence-electron chi connectivity index (χ1n) is 7.59. The minimum atomic E-state index is -0.154. The number of halogens is 1. The lowest BCUT2D eigenvalue weighted by Crippen LogP contribution is -2.08. The summed E-state index contributed by atoms with van der Waals surface area (Å²) in [5.74, 6) is 0.826. The van der Waals surface area contributed by atoms with Crippen LogP contribution >= 0.6 is 11.6 Å². The molecule has 0 aromatic heterocycles. The summed E-state index contributed by atoms with van der Waals surface area (Å²) in [6.07, 6.45) is 0. The molecule has 3 aromatic carbocycles. The molecule has 23 heavy (non-hydrogen) atoms. The van der Waals surface area contributed by atoms with Crippen molar-refractivity contribution in [1.29, 1.82) is 0 Å². The molecule has 3 heteroatoms. The van der Waals surface area contributed by atoms with Gasteiger partial charge < -0.3 is 10.5 Å². The van der Waals surface area contributed by atoms with Gasteiger partial charge in [0.2, 0.25) is 0 Å². The molecule has 0 fully saturated rings. The van der Waals surface area contributed by atoms with Crippen molar-refractivity contribution in [3.63, 3.8) is 0 Å². The summed E-state index contributed by atoms with van der Waals surface area (Å²) in [4.78, 5) is 0. The first kappa shape index (κ1) is 14.3. The van der Waals surface area contributed by atoms with E-state index in [9.17, 15) is 0 Å². The molecule has 0 bridgehead atoms. The maximum atomic E-state index is 6.39. The van der Waals surface area contributed by atoms with Crippen molar-refractivity contribution in [3.05, 3.63) is 88.4 Å². The van der Waals surface area contributed by atoms with E-state index in [2.05, 4.69) is 12.1 Å². The van der Waals surface area contributed by atoms with Gasteiger partial charge in [-0.05, 0) is 40.5 Å². The molecule has 0 saturated carbocycles. The van der Waals surface area contributed by atoms with Crippen molar-refractivity contribution in [3.8, 4) is 16.9 Å². The van der Waals surface area contributed by atoms with Crippen molar-refractivity contribution in [1.82, 2.24) is 0 Å². The van der Waals surface area contributed by atoms with Crippen LogP contribution in [0.4, 0.5) is 0 Å². The summed E-state index contributed by atoms with van der Waals surface area (Å²) in [7, 11) is 0. The maximum Gasteiger partial charge on any atom is 0.120 e. The number of hydrogen-bond donors (Lipinski definition) is 1. The molecule has 4 rings (SSSR count). The van der Waals surface area contributed by atoms with E-state index in [1.54, 1.807) is 0 Å². The quantitative estimate of drug-likeness (QED) is 0.741. The first-order valence-corrected chi connectivity index (χ1v) is 7.97. The lowest BCUT2D eigenvalue weighted by Gasteiger charge is -2.10. The Bertz CT molecular complexity index is 861. The SMILES string of the molecule is NC1c2cc(OCc3ccccc3)ccc2-c2c(Cl)cccc21. The van der Waals surface area contributed by atoms with Gasteiger partial charge in [0.25, 0.3) is 0 Å². The van der Waals surface area contributed by atoms with E-state index < -0.39 is 0 Å². The smallest absolute Gasteiger partial charge is 0.120 e. The predicted molar refractivity (Wildman–Crippen MR) is 93.7 cm³/mol. The second-order valence-corrected chi connectivity index (χ2v) is 6.11. The zero-order valence-electron chi connectivity index (χ0n) is 12.5. The highest BCUT2D eigenvalue weighted by atomic mass is 35.5. The molecule has 2 N–H and O–H groups in total. The predicted octanol–water partition coefficient (Wildman–Crippen LogP) is 4.95. The molecule has 1 aliphatic rings. The maximum absolute atomic E-state index is 6.39. The van der Waals surface area contributed by atoms with Gasteiger partial charge in [-0.2, -0.15) is 0 Å². The van der Waals surface area contributed by atoms with E-state index in [-0.39, 0.29) is 6.04 Å². The molecule has 2 nitrogen and oxygen atoms in total. The average molecular weight is 322 g/mol. The van der Waals surface area contributed by atoms with E-state index in [0.717, 1.165) is 38.6 Å². The van der Waals surface area contributed by atoms with Crippen LogP contribution in [0.15, 0.2) is 66.7 Å². The minimum absolute atomic E-state index is 0.154. The Balaban J connectivity index is 1.64. The summed E-state index contributed by atoms with van der Waals surface area (Å²) in [6.45, 7) is 0.544. The molecular weight excluding hydrogens is 306 g/mol. The summed E-state index contributed by atoms with van der Waals surface area (Å²) < 4.78 is 5.91. The third-order valence-corrected chi connectivity index (χ3v) is 4.57. The van der Waals surface area contributed by atoms with Gasteiger partial charge in [0.15, 0.2) is 0 Å². The van der Waals surface area contributed by atoms with Crippen molar-refractivity contribution in [2.45, 2.75) is 12.6 Å². The summed E-state index contributed by atoms with van der Waals surface area (Å²) in [5, 5.41) is 0.745. The van der Waals surface area contributed by atoms with Crippen LogP contribution in [0.5, 0.6) is 5.75 Å². The minimum Gasteiger partial charge on any atom is -0.489 e. The van der Waals surface area contributed by atoms with E-state index in [0.29, 0.717) is 6.61 Å². The van der Waals surface area contributed by atoms with Gasteiger partial charge in [-0.25, -0.2) is 0 Å². The Morgan fingerprint density at radius 2 is 1.74 bits per heavy atom. The lowest BCUT2D eigenvalue weighted by molar-refractivity contribution is 0.306. The van der Waals surface area contributed by atoms with Gasteiger partial charge in [-0.1, -0.05) is 60.1 Å². The molecule has 0 saturated heterocycles. The zero-order valence-corrected chi connectivity index (χ0v) is 13.3. The van der Waals surface area contributed by atoms with Crippen LogP contribution in [-0.4, -0.2) is 0 Å². The molecule has 0 amide bonds. The highest BCUT2D eigenvalue weighted by molar-refractivity contribution is 6.33. The van der Waals surface area contributed by atoms with Crippen molar-refractivity contribution < 1.29 is 4.74 Å². The second kappa shape index (κ2) is 5.73. The lowest BCUT2D eigenvalue weighted by atomic mass is 10.1. The Labute approximate surface area is 140 Å². The molecule has 0 radical (unpaired) electrons. The second-order valence-electron chi connectivity index (χ2n) is 5.71. The van der Waals surface area contributed by atoms with E-state index >= 15 is 0 Å². The number of nitrogens with two attached hydrogens (primary N) is 1. The van der Waals surface area contributed by atoms with Gasteiger partial charge in [-0.15, -0.1) is 0 Å². The van der Waals surface area contributed by atoms with Gasteiger partial charge in [0, 0.05) is 10.6 Å². The Hall–Kier alpha value is -2.29. The molecule has 0 heterocycles. The van der Waals surface area contributed by atoms with E-state index in [1.807, 2.05) is 54.6 Å². The topological polar surface area (TPSA) is 35.2 Å². The normalized spacial score (nSPS) is 15.1. The van der Waals surface area contributed by atoms with Crippen molar-refractivity contribution in [2.75, 3.05) is 0 Å². The highest BCUT2D eigenvalue weighted by Crippen LogP contribution is 2.46. The highest BCUT2D eigenvalue weighted by Gasteiger charge is 2.27. The number of benzene rings is 3. The summed E-state index contributed by atoms with van der Waals surface area (Å²) >= 11 is 6.36. The van der Waals surface area contributed by atoms with Crippen LogP contribution in [0.25, 0.3) is 11.1 Å². The van der Waals surface area contributed by atoms with Crippen LogP contribution in [0.3, 0.4) is 0 Å². The number of ether oxygens (including phenoxy) is 1. The van der Waals surface area contributed by atoms with Gasteiger partial charge in [-0.3, -0.25) is 0 Å². The monoisotopic (exact) mass is 321 g/mol. The molecule has 0 spiro atoms. The Morgan fingerprint density at radius 1 is 0.913 bits per heavy atom. The van der Waals surface area contributed by atoms with Crippen LogP contribution in [-0.2, 0) is 6.61 Å². The Morgan fingerprint density at radius 3 is 2.57 bits per heavy atom. The van der Waals surface area contributed by atoms with Gasteiger partial charge in [0.1, 0.15) is 12.4 Å². The molecule has 1 aliphatic carbocycles. The third kappa shape index (κ3) is 2.50. The number of rotatable bonds is 3. The molecular formula is C20H16ClNO. The largest absolute Gasteiger partial charge is 0.489 e. The van der Waals surface area contributed by atoms with Crippen LogP contribution in [0.1, 0.15) is 22.7 Å². The van der Waals surface area contributed by atoms with Crippen molar-refractivity contribution in [2.24, 2.45) is 5.73 Å². The molecule has 1 unspecified atom stereocenters. The van der Waals surface area contributed by atoms with Crippen LogP contribution in [0.2, 0.25) is 5.02 Å². The van der Waals surface area contributed by atoms with Gasteiger partial charge >= 0.3 is 0 Å².